The number of carbonyl (C=O) groups is 1. The van der Waals surface area contributed by atoms with Gasteiger partial charge in [-0.15, -0.1) is 0 Å². The second kappa shape index (κ2) is 7.02. The van der Waals surface area contributed by atoms with E-state index in [4.69, 9.17) is 9.52 Å². The van der Waals surface area contributed by atoms with Gasteiger partial charge in [0.15, 0.2) is 5.69 Å². The lowest BCUT2D eigenvalue weighted by molar-refractivity contribution is -0.135. The fourth-order valence-corrected chi connectivity index (χ4v) is 3.57. The van der Waals surface area contributed by atoms with E-state index in [2.05, 4.69) is 17.1 Å². The molecule has 2 aromatic heterocycles. The molecule has 1 amide bonds. The number of nitrogens with zero attached hydrogens (tertiary/aromatic N) is 4. The fourth-order valence-electron chi connectivity index (χ4n) is 3.57. The van der Waals surface area contributed by atoms with Crippen LogP contribution >= 0.6 is 0 Å². The van der Waals surface area contributed by atoms with Gasteiger partial charge in [0.05, 0.1) is 12.7 Å². The van der Waals surface area contributed by atoms with E-state index >= 15 is 0 Å². The quantitative estimate of drug-likeness (QED) is 0.711. The van der Waals surface area contributed by atoms with E-state index in [1.807, 2.05) is 48.6 Å². The van der Waals surface area contributed by atoms with Gasteiger partial charge in [-0.05, 0) is 12.5 Å². The molecular weight excluding hydrogens is 340 g/mol. The molecule has 0 unspecified atom stereocenters. The van der Waals surface area contributed by atoms with Crippen LogP contribution < -0.4 is 0 Å². The number of oxazole rings is 1. The number of hydrogen-bond donors (Lipinski definition) is 0. The van der Waals surface area contributed by atoms with E-state index in [-0.39, 0.29) is 11.8 Å². The summed E-state index contributed by atoms with van der Waals surface area (Å²) in [5.74, 6) is 1.43. The highest BCUT2D eigenvalue weighted by molar-refractivity contribution is 5.78. The molecule has 0 saturated carbocycles. The van der Waals surface area contributed by atoms with Crippen LogP contribution in [0.25, 0.3) is 11.6 Å². The van der Waals surface area contributed by atoms with Crippen LogP contribution in [0.3, 0.4) is 0 Å². The Balaban J connectivity index is 1.74. The van der Waals surface area contributed by atoms with E-state index < -0.39 is 0 Å². The molecule has 6 heteroatoms. The number of carbonyl (C=O) groups excluding carboxylic acids is 1. The van der Waals surface area contributed by atoms with Crippen LogP contribution in [0.15, 0.2) is 40.9 Å². The molecule has 0 saturated heterocycles. The molecule has 3 aromatic rings. The smallest absolute Gasteiger partial charge is 0.247 e. The van der Waals surface area contributed by atoms with Crippen molar-refractivity contribution in [3.05, 3.63) is 59.1 Å². The van der Waals surface area contributed by atoms with Gasteiger partial charge in [0, 0.05) is 36.7 Å². The van der Waals surface area contributed by atoms with Crippen LogP contribution in [-0.4, -0.2) is 32.1 Å². The van der Waals surface area contributed by atoms with Crippen molar-refractivity contribution in [3.8, 4) is 11.6 Å². The van der Waals surface area contributed by atoms with Crippen LogP contribution in [0.5, 0.6) is 0 Å². The number of fused-ring (bicyclic) bond motifs is 1. The summed E-state index contributed by atoms with van der Waals surface area (Å²) in [5.41, 5.74) is 4.15. The summed E-state index contributed by atoms with van der Waals surface area (Å²) < 4.78 is 7.79. The van der Waals surface area contributed by atoms with Crippen LogP contribution in [0.1, 0.15) is 36.4 Å². The maximum atomic E-state index is 12.5. The normalized spacial score (nSPS) is 13.9. The summed E-state index contributed by atoms with van der Waals surface area (Å²) in [7, 11) is 0. The molecule has 0 aliphatic carbocycles. The van der Waals surface area contributed by atoms with Gasteiger partial charge in [0.25, 0.3) is 0 Å². The molecule has 0 N–H and O–H groups in total. The fraction of sp³-hybridized carbons (Fsp3) is 0.381. The van der Waals surface area contributed by atoms with Crippen molar-refractivity contribution >= 4 is 5.91 Å². The van der Waals surface area contributed by atoms with Crippen LogP contribution in [-0.2, 0) is 24.3 Å². The van der Waals surface area contributed by atoms with Gasteiger partial charge in [-0.1, -0.05) is 44.2 Å². The SMILES string of the molecule is Cc1cnc(-c2nn(Cc3ccccc3)c3c2CN(C(=O)C(C)C)CC3)o1. The first-order chi connectivity index (χ1) is 13.0. The van der Waals surface area contributed by atoms with Crippen molar-refractivity contribution < 1.29 is 9.21 Å². The molecule has 6 nitrogen and oxygen atoms in total. The van der Waals surface area contributed by atoms with Crippen molar-refractivity contribution in [1.29, 1.82) is 0 Å². The van der Waals surface area contributed by atoms with Gasteiger partial charge < -0.3 is 9.32 Å². The molecule has 1 aliphatic rings. The Bertz CT molecular complexity index is 956. The lowest BCUT2D eigenvalue weighted by Gasteiger charge is -2.29. The Kier molecular flexibility index (Phi) is 4.56. The topological polar surface area (TPSA) is 64.2 Å². The molecular formula is C21H24N4O2. The Morgan fingerprint density at radius 1 is 1.26 bits per heavy atom. The third kappa shape index (κ3) is 3.39. The van der Waals surface area contributed by atoms with Crippen molar-refractivity contribution in [2.75, 3.05) is 6.54 Å². The monoisotopic (exact) mass is 364 g/mol. The molecule has 0 atom stereocenters. The zero-order valence-corrected chi connectivity index (χ0v) is 16.0. The first-order valence-corrected chi connectivity index (χ1v) is 9.37. The van der Waals surface area contributed by atoms with E-state index in [0.29, 0.717) is 25.5 Å². The molecule has 140 valence electrons. The Labute approximate surface area is 158 Å². The third-order valence-corrected chi connectivity index (χ3v) is 4.94. The molecule has 0 bridgehead atoms. The van der Waals surface area contributed by atoms with Gasteiger partial charge in [-0.2, -0.15) is 5.10 Å². The van der Waals surface area contributed by atoms with E-state index in [1.165, 1.54) is 5.56 Å². The number of hydrogen-bond acceptors (Lipinski definition) is 4. The zero-order chi connectivity index (χ0) is 19.0. The van der Waals surface area contributed by atoms with Gasteiger partial charge in [0.1, 0.15) is 5.76 Å². The largest absolute Gasteiger partial charge is 0.440 e. The third-order valence-electron chi connectivity index (χ3n) is 4.94. The molecule has 4 rings (SSSR count). The molecule has 3 heterocycles. The van der Waals surface area contributed by atoms with Crippen LogP contribution in [0, 0.1) is 12.8 Å². The lowest BCUT2D eigenvalue weighted by Crippen LogP contribution is -2.38. The van der Waals surface area contributed by atoms with E-state index in [1.54, 1.807) is 6.20 Å². The van der Waals surface area contributed by atoms with Gasteiger partial charge in [0.2, 0.25) is 11.8 Å². The zero-order valence-electron chi connectivity index (χ0n) is 16.0. The molecule has 0 spiro atoms. The van der Waals surface area contributed by atoms with E-state index in [0.717, 1.165) is 29.1 Å². The predicted molar refractivity (Wildman–Crippen MR) is 102 cm³/mol. The number of aromatic nitrogens is 3. The molecule has 0 fully saturated rings. The summed E-state index contributed by atoms with van der Waals surface area (Å²) in [5, 5.41) is 4.83. The first-order valence-electron chi connectivity index (χ1n) is 9.37. The Morgan fingerprint density at radius 3 is 2.70 bits per heavy atom. The molecule has 1 aromatic carbocycles. The Hall–Kier alpha value is -2.89. The van der Waals surface area contributed by atoms with Crippen molar-refractivity contribution in [3.63, 3.8) is 0 Å². The summed E-state index contributed by atoms with van der Waals surface area (Å²) >= 11 is 0. The molecule has 1 aliphatic heterocycles. The average Bonchev–Trinajstić information content (AvgIpc) is 3.25. The second-order valence-electron chi connectivity index (χ2n) is 7.36. The first kappa shape index (κ1) is 17.5. The van der Waals surface area contributed by atoms with Gasteiger partial charge in [-0.25, -0.2) is 4.98 Å². The summed E-state index contributed by atoms with van der Waals surface area (Å²) in [6.45, 7) is 7.72. The number of aryl methyl sites for hydroxylation is 1. The highest BCUT2D eigenvalue weighted by Gasteiger charge is 2.30. The molecule has 0 radical (unpaired) electrons. The minimum atomic E-state index is -0.0154. The van der Waals surface area contributed by atoms with Gasteiger partial charge >= 0.3 is 0 Å². The average molecular weight is 364 g/mol. The van der Waals surface area contributed by atoms with Crippen molar-refractivity contribution in [2.45, 2.75) is 40.3 Å². The lowest BCUT2D eigenvalue weighted by atomic mass is 10.0. The van der Waals surface area contributed by atoms with E-state index in [9.17, 15) is 4.79 Å². The second-order valence-corrected chi connectivity index (χ2v) is 7.36. The highest BCUT2D eigenvalue weighted by atomic mass is 16.4. The maximum absolute atomic E-state index is 12.5. The number of rotatable bonds is 4. The standard InChI is InChI=1S/C21H24N4O2/c1-14(2)21(26)24-10-9-18-17(13-24)19(20-22-11-15(3)27-20)23-25(18)12-16-7-5-4-6-8-16/h4-8,11,14H,9-10,12-13H2,1-3H3. The van der Waals surface area contributed by atoms with Gasteiger partial charge in [-0.3, -0.25) is 9.48 Å². The van der Waals surface area contributed by atoms with Crippen LogP contribution in [0.2, 0.25) is 0 Å². The minimum absolute atomic E-state index is 0.0154. The maximum Gasteiger partial charge on any atom is 0.247 e. The summed E-state index contributed by atoms with van der Waals surface area (Å²) in [6, 6.07) is 10.3. The minimum Gasteiger partial charge on any atom is -0.440 e. The summed E-state index contributed by atoms with van der Waals surface area (Å²) in [4.78, 5) is 18.8. The molecule has 27 heavy (non-hydrogen) atoms. The summed E-state index contributed by atoms with van der Waals surface area (Å²) in [6.07, 6.45) is 2.49. The van der Waals surface area contributed by atoms with Crippen molar-refractivity contribution in [2.24, 2.45) is 5.92 Å². The number of amides is 1. The number of benzene rings is 1. The van der Waals surface area contributed by atoms with Crippen molar-refractivity contribution in [1.82, 2.24) is 19.7 Å². The Morgan fingerprint density at radius 2 is 2.04 bits per heavy atom. The predicted octanol–water partition coefficient (Wildman–Crippen LogP) is 3.44. The highest BCUT2D eigenvalue weighted by Crippen LogP contribution is 2.31. The van der Waals surface area contributed by atoms with Crippen LogP contribution in [0.4, 0.5) is 0 Å².